The smallest absolute Gasteiger partial charge is 0.306 e. The summed E-state index contributed by atoms with van der Waals surface area (Å²) < 4.78 is 4.83. The Hall–Kier alpha value is -2.20. The van der Waals surface area contributed by atoms with Crippen LogP contribution in [0.5, 0.6) is 0 Å². The van der Waals surface area contributed by atoms with E-state index in [0.29, 0.717) is 4.88 Å². The zero-order chi connectivity index (χ0) is 17.5. The Balaban J connectivity index is 2.34. The SMILES string of the molecule is CC(C)[C@](C)(C#N)NC(=O)COC(=O)CCC(=O)c1cccs1. The van der Waals surface area contributed by atoms with Crippen LogP contribution in [0.1, 0.15) is 43.3 Å². The van der Waals surface area contributed by atoms with E-state index >= 15 is 0 Å². The molecule has 0 radical (unpaired) electrons. The standard InChI is InChI=1S/C16H20N2O4S/c1-11(2)16(3,10-17)18-14(20)9-22-15(21)7-6-12(19)13-5-4-8-23-13/h4-5,8,11H,6-7,9H2,1-3H3,(H,18,20)/t16-/m0/s1. The maximum absolute atomic E-state index is 11.7. The van der Waals surface area contributed by atoms with Gasteiger partial charge in [0.2, 0.25) is 0 Å². The fourth-order valence-electron chi connectivity index (χ4n) is 1.62. The van der Waals surface area contributed by atoms with E-state index in [-0.39, 0.29) is 24.5 Å². The third kappa shape index (κ3) is 5.83. The molecular weight excluding hydrogens is 316 g/mol. The fourth-order valence-corrected chi connectivity index (χ4v) is 2.32. The molecule has 23 heavy (non-hydrogen) atoms. The van der Waals surface area contributed by atoms with E-state index in [1.165, 1.54) is 11.3 Å². The van der Waals surface area contributed by atoms with Crippen molar-refractivity contribution in [1.29, 1.82) is 5.26 Å². The van der Waals surface area contributed by atoms with Crippen LogP contribution in [-0.4, -0.2) is 29.8 Å². The molecule has 1 atom stereocenters. The van der Waals surface area contributed by atoms with Crippen LogP contribution in [0.4, 0.5) is 0 Å². The topological polar surface area (TPSA) is 96.3 Å². The average molecular weight is 336 g/mol. The molecule has 7 heteroatoms. The van der Waals surface area contributed by atoms with Gasteiger partial charge in [0, 0.05) is 6.42 Å². The highest BCUT2D eigenvalue weighted by Gasteiger charge is 2.30. The number of rotatable bonds is 8. The van der Waals surface area contributed by atoms with Crippen molar-refractivity contribution in [3.05, 3.63) is 22.4 Å². The van der Waals surface area contributed by atoms with E-state index in [9.17, 15) is 14.4 Å². The number of thiophene rings is 1. The molecule has 0 bridgehead atoms. The molecule has 0 aliphatic heterocycles. The number of amides is 1. The van der Waals surface area contributed by atoms with Gasteiger partial charge in [-0.1, -0.05) is 19.9 Å². The number of Topliss-reactive ketones (excluding diaryl/α,β-unsaturated/α-hetero) is 1. The van der Waals surface area contributed by atoms with Crippen LogP contribution in [0.15, 0.2) is 17.5 Å². The first-order chi connectivity index (χ1) is 10.8. The van der Waals surface area contributed by atoms with Crippen molar-refractivity contribution in [2.75, 3.05) is 6.61 Å². The summed E-state index contributed by atoms with van der Waals surface area (Å²) >= 11 is 1.32. The second kappa shape index (κ2) is 8.44. The second-order valence-electron chi connectivity index (χ2n) is 5.58. The van der Waals surface area contributed by atoms with Gasteiger partial charge in [0.15, 0.2) is 12.4 Å². The number of carbonyl (C=O) groups excluding carboxylic acids is 3. The Morgan fingerprint density at radius 2 is 2.09 bits per heavy atom. The first kappa shape index (κ1) is 18.8. The van der Waals surface area contributed by atoms with Gasteiger partial charge in [-0.25, -0.2) is 0 Å². The zero-order valence-corrected chi connectivity index (χ0v) is 14.2. The number of hydrogen-bond donors (Lipinski definition) is 1. The van der Waals surface area contributed by atoms with Crippen LogP contribution in [0.3, 0.4) is 0 Å². The molecule has 0 aliphatic carbocycles. The highest BCUT2D eigenvalue weighted by atomic mass is 32.1. The van der Waals surface area contributed by atoms with Gasteiger partial charge in [-0.15, -0.1) is 11.3 Å². The van der Waals surface area contributed by atoms with Crippen molar-refractivity contribution in [2.24, 2.45) is 5.92 Å². The molecular formula is C16H20N2O4S. The van der Waals surface area contributed by atoms with Crippen LogP contribution in [0.25, 0.3) is 0 Å². The second-order valence-corrected chi connectivity index (χ2v) is 6.53. The lowest BCUT2D eigenvalue weighted by Crippen LogP contribution is -2.50. The number of carbonyl (C=O) groups is 3. The Kier molecular flexibility index (Phi) is 6.91. The van der Waals surface area contributed by atoms with Crippen LogP contribution in [0.2, 0.25) is 0 Å². The average Bonchev–Trinajstić information content (AvgIpc) is 3.04. The molecule has 0 spiro atoms. The van der Waals surface area contributed by atoms with Crippen molar-refractivity contribution in [2.45, 2.75) is 39.2 Å². The van der Waals surface area contributed by atoms with Gasteiger partial charge < -0.3 is 10.1 Å². The van der Waals surface area contributed by atoms with Crippen molar-refractivity contribution in [1.82, 2.24) is 5.32 Å². The highest BCUT2D eigenvalue weighted by Crippen LogP contribution is 2.15. The number of ketones is 1. The number of nitrogens with one attached hydrogen (secondary N) is 1. The summed E-state index contributed by atoms with van der Waals surface area (Å²) in [5, 5.41) is 13.4. The summed E-state index contributed by atoms with van der Waals surface area (Å²) in [4.78, 5) is 35.7. The normalized spacial score (nSPS) is 13.0. The summed E-state index contributed by atoms with van der Waals surface area (Å²) in [7, 11) is 0. The lowest BCUT2D eigenvalue weighted by Gasteiger charge is -2.27. The summed E-state index contributed by atoms with van der Waals surface area (Å²) in [5.74, 6) is -1.37. The zero-order valence-electron chi connectivity index (χ0n) is 13.4. The number of esters is 1. The molecule has 124 valence electrons. The van der Waals surface area contributed by atoms with Gasteiger partial charge in [0.05, 0.1) is 17.4 Å². The van der Waals surface area contributed by atoms with Gasteiger partial charge in [0.25, 0.3) is 5.91 Å². The minimum Gasteiger partial charge on any atom is -0.456 e. The van der Waals surface area contributed by atoms with E-state index in [1.807, 2.05) is 19.9 Å². The number of ether oxygens (including phenoxy) is 1. The van der Waals surface area contributed by atoms with Gasteiger partial charge in [-0.3, -0.25) is 14.4 Å². The summed E-state index contributed by atoms with van der Waals surface area (Å²) in [6.45, 7) is 4.77. The van der Waals surface area contributed by atoms with E-state index in [4.69, 9.17) is 10.00 Å². The molecule has 6 nitrogen and oxygen atoms in total. The largest absolute Gasteiger partial charge is 0.456 e. The van der Waals surface area contributed by atoms with Gasteiger partial charge in [0.1, 0.15) is 5.54 Å². The number of hydrogen-bond acceptors (Lipinski definition) is 6. The Morgan fingerprint density at radius 3 is 2.61 bits per heavy atom. The van der Waals surface area contributed by atoms with Crippen molar-refractivity contribution in [3.8, 4) is 6.07 Å². The van der Waals surface area contributed by atoms with Crippen molar-refractivity contribution in [3.63, 3.8) is 0 Å². The number of nitrogens with zero attached hydrogens (tertiary/aromatic N) is 1. The van der Waals surface area contributed by atoms with Crippen LogP contribution < -0.4 is 5.32 Å². The van der Waals surface area contributed by atoms with E-state index in [0.717, 1.165) is 0 Å². The van der Waals surface area contributed by atoms with Gasteiger partial charge in [-0.05, 0) is 24.3 Å². The minimum atomic E-state index is -1.02. The molecule has 1 aromatic rings. The van der Waals surface area contributed by atoms with Crippen LogP contribution >= 0.6 is 11.3 Å². The predicted octanol–water partition coefficient (Wildman–Crippen LogP) is 2.31. The predicted molar refractivity (Wildman–Crippen MR) is 85.8 cm³/mol. The molecule has 0 fully saturated rings. The molecule has 0 saturated carbocycles. The van der Waals surface area contributed by atoms with E-state index in [1.54, 1.807) is 24.4 Å². The van der Waals surface area contributed by atoms with Crippen molar-refractivity contribution < 1.29 is 19.1 Å². The third-order valence-corrected chi connectivity index (χ3v) is 4.41. The molecule has 0 aromatic carbocycles. The molecule has 1 amide bonds. The lowest BCUT2D eigenvalue weighted by atomic mass is 9.90. The molecule has 1 rings (SSSR count). The molecule has 0 saturated heterocycles. The molecule has 1 N–H and O–H groups in total. The maximum Gasteiger partial charge on any atom is 0.306 e. The van der Waals surface area contributed by atoms with Crippen molar-refractivity contribution >= 4 is 29.0 Å². The highest BCUT2D eigenvalue weighted by molar-refractivity contribution is 7.12. The first-order valence-corrected chi connectivity index (χ1v) is 8.11. The van der Waals surface area contributed by atoms with E-state index < -0.39 is 24.0 Å². The van der Waals surface area contributed by atoms with Crippen LogP contribution in [0, 0.1) is 17.2 Å². The van der Waals surface area contributed by atoms with Gasteiger partial charge >= 0.3 is 5.97 Å². The molecule has 0 unspecified atom stereocenters. The Morgan fingerprint density at radius 1 is 1.39 bits per heavy atom. The van der Waals surface area contributed by atoms with Gasteiger partial charge in [-0.2, -0.15) is 5.26 Å². The minimum absolute atomic E-state index is 0.0445. The molecule has 1 aromatic heterocycles. The monoisotopic (exact) mass is 336 g/mol. The summed E-state index contributed by atoms with van der Waals surface area (Å²) in [6, 6.07) is 5.50. The summed E-state index contributed by atoms with van der Waals surface area (Å²) in [6.07, 6.45) is -0.0351. The fraction of sp³-hybridized carbons (Fsp3) is 0.500. The Bertz CT molecular complexity index is 604. The third-order valence-electron chi connectivity index (χ3n) is 3.50. The van der Waals surface area contributed by atoms with Crippen LogP contribution in [-0.2, 0) is 14.3 Å². The quantitative estimate of drug-likeness (QED) is 0.580. The first-order valence-electron chi connectivity index (χ1n) is 7.23. The molecule has 1 heterocycles. The summed E-state index contributed by atoms with van der Waals surface area (Å²) in [5.41, 5.74) is -1.02. The van der Waals surface area contributed by atoms with E-state index in [2.05, 4.69) is 5.32 Å². The maximum atomic E-state index is 11.7. The molecule has 0 aliphatic rings. The number of nitriles is 1. The lowest BCUT2D eigenvalue weighted by molar-refractivity contribution is -0.148. The Labute approximate surface area is 139 Å².